The molecule has 1 aliphatic carbocycles. The van der Waals surface area contributed by atoms with Crippen molar-refractivity contribution in [2.24, 2.45) is 14.1 Å². The maximum atomic E-state index is 11.2. The van der Waals surface area contributed by atoms with Crippen molar-refractivity contribution in [3.05, 3.63) is 32.1 Å². The molecule has 0 atom stereocenters. The molecular formula is C7H8N2O2. The van der Waals surface area contributed by atoms with E-state index < -0.39 is 0 Å². The zero-order valence-electron chi connectivity index (χ0n) is 6.42. The minimum absolute atomic E-state index is 0.136. The van der Waals surface area contributed by atoms with Crippen LogP contribution in [-0.2, 0) is 20.5 Å². The molecule has 1 aromatic heterocycles. The summed E-state index contributed by atoms with van der Waals surface area (Å²) in [5.74, 6) is 0. The molecule has 0 aromatic carbocycles. The van der Waals surface area contributed by atoms with Gasteiger partial charge in [0, 0.05) is 31.8 Å². The molecule has 0 unspecified atom stereocenters. The lowest BCUT2D eigenvalue weighted by Gasteiger charge is -1.97. The predicted molar refractivity (Wildman–Crippen MR) is 39.7 cm³/mol. The fourth-order valence-corrected chi connectivity index (χ4v) is 1.27. The summed E-state index contributed by atoms with van der Waals surface area (Å²) < 4.78 is 2.67. The van der Waals surface area contributed by atoms with Crippen molar-refractivity contribution in [1.82, 2.24) is 9.13 Å². The van der Waals surface area contributed by atoms with Crippen LogP contribution in [0.15, 0.2) is 9.59 Å². The van der Waals surface area contributed by atoms with Crippen molar-refractivity contribution in [2.45, 2.75) is 6.42 Å². The Morgan fingerprint density at radius 1 is 1.18 bits per heavy atom. The number of nitrogens with zero attached hydrogens (tertiary/aromatic N) is 2. The topological polar surface area (TPSA) is 44.0 Å². The van der Waals surface area contributed by atoms with Crippen LogP contribution in [0.5, 0.6) is 0 Å². The molecule has 0 aliphatic heterocycles. The summed E-state index contributed by atoms with van der Waals surface area (Å²) in [6.45, 7) is 0. The Bertz CT molecular complexity index is 439. The lowest BCUT2D eigenvalue weighted by atomic mass is 10.6. The van der Waals surface area contributed by atoms with Gasteiger partial charge in [-0.25, -0.2) is 4.79 Å². The first-order chi connectivity index (χ1) is 5.13. The largest absolute Gasteiger partial charge is 0.330 e. The highest BCUT2D eigenvalue weighted by Crippen LogP contribution is 2.19. The Labute approximate surface area is 62.7 Å². The van der Waals surface area contributed by atoms with Gasteiger partial charge in [0.1, 0.15) is 0 Å². The Kier molecular flexibility index (Phi) is 0.952. The first kappa shape index (κ1) is 6.39. The van der Waals surface area contributed by atoms with Gasteiger partial charge in [-0.05, 0) is 0 Å². The van der Waals surface area contributed by atoms with Gasteiger partial charge in [-0.15, -0.1) is 0 Å². The normalized spacial score (nSPS) is 12.9. The summed E-state index contributed by atoms with van der Waals surface area (Å²) in [6.07, 6.45) is 0.686. The molecule has 0 fully saturated rings. The lowest BCUT2D eigenvalue weighted by molar-refractivity contribution is 0.691. The third-order valence-electron chi connectivity index (χ3n) is 2.11. The molecule has 0 spiro atoms. The van der Waals surface area contributed by atoms with Crippen molar-refractivity contribution in [1.29, 1.82) is 0 Å². The van der Waals surface area contributed by atoms with Gasteiger partial charge < -0.3 is 0 Å². The molecule has 11 heavy (non-hydrogen) atoms. The van der Waals surface area contributed by atoms with E-state index in [0.717, 1.165) is 15.8 Å². The average Bonchev–Trinajstić information content (AvgIpc) is 2.76. The van der Waals surface area contributed by atoms with Crippen LogP contribution in [0.3, 0.4) is 0 Å². The van der Waals surface area contributed by atoms with Gasteiger partial charge in [-0.2, -0.15) is 0 Å². The van der Waals surface area contributed by atoms with Crippen LogP contribution >= 0.6 is 0 Å². The number of fused-ring (bicyclic) bond motifs is 1. The zero-order chi connectivity index (χ0) is 8.17. The summed E-state index contributed by atoms with van der Waals surface area (Å²) in [5.41, 5.74) is 1.31. The van der Waals surface area contributed by atoms with E-state index in [2.05, 4.69) is 0 Å². The van der Waals surface area contributed by atoms with Crippen LogP contribution in [0.1, 0.15) is 11.3 Å². The highest BCUT2D eigenvalue weighted by atomic mass is 16.2. The van der Waals surface area contributed by atoms with Gasteiger partial charge in [0.15, 0.2) is 0 Å². The smallest absolute Gasteiger partial charge is 0.300 e. The molecule has 1 aromatic rings. The molecule has 58 valence electrons. The maximum absolute atomic E-state index is 11.2. The summed E-state index contributed by atoms with van der Waals surface area (Å²) >= 11 is 0. The summed E-state index contributed by atoms with van der Waals surface area (Å²) in [6, 6.07) is 0. The minimum Gasteiger partial charge on any atom is -0.300 e. The Morgan fingerprint density at radius 2 is 1.82 bits per heavy atom. The van der Waals surface area contributed by atoms with Gasteiger partial charge in [-0.3, -0.25) is 13.9 Å². The summed E-state index contributed by atoms with van der Waals surface area (Å²) in [4.78, 5) is 22.3. The fraction of sp³-hybridized carbons (Fsp3) is 0.429. The number of rotatable bonds is 0. The third kappa shape index (κ3) is 0.636. The highest BCUT2D eigenvalue weighted by Gasteiger charge is 2.26. The molecule has 4 heteroatoms. The first-order valence-electron chi connectivity index (χ1n) is 3.40. The van der Waals surface area contributed by atoms with Gasteiger partial charge in [0.25, 0.3) is 5.56 Å². The zero-order valence-corrected chi connectivity index (χ0v) is 6.42. The van der Waals surface area contributed by atoms with Crippen molar-refractivity contribution in [2.75, 3.05) is 0 Å². The third-order valence-corrected chi connectivity index (χ3v) is 2.11. The number of aromatic nitrogens is 2. The van der Waals surface area contributed by atoms with Crippen LogP contribution in [0.25, 0.3) is 0 Å². The standard InChI is InChI=1S/C7H8N2O2/c1-8-5-3-4(5)6(10)9(2)7(8)11/h3H2,1-2H3. The molecule has 0 saturated heterocycles. The molecule has 4 nitrogen and oxygen atoms in total. The number of hydrogen-bond donors (Lipinski definition) is 0. The molecule has 0 radical (unpaired) electrons. The highest BCUT2D eigenvalue weighted by molar-refractivity contribution is 5.37. The van der Waals surface area contributed by atoms with E-state index in [1.165, 1.54) is 11.6 Å². The van der Waals surface area contributed by atoms with Crippen molar-refractivity contribution in [3.63, 3.8) is 0 Å². The molecular weight excluding hydrogens is 144 g/mol. The SMILES string of the molecule is Cn1c2c(c(=O)n(C)c1=O)C2. The van der Waals surface area contributed by atoms with Gasteiger partial charge in [0.05, 0.1) is 0 Å². The fourth-order valence-electron chi connectivity index (χ4n) is 1.27. The lowest BCUT2D eigenvalue weighted by Crippen LogP contribution is -2.35. The van der Waals surface area contributed by atoms with E-state index in [1.807, 2.05) is 0 Å². The molecule has 0 N–H and O–H groups in total. The molecule has 1 heterocycles. The molecule has 1 aliphatic rings. The molecule has 0 amide bonds. The second-order valence-electron chi connectivity index (χ2n) is 2.81. The Hall–Kier alpha value is -1.32. The number of hydrogen-bond acceptors (Lipinski definition) is 2. The monoisotopic (exact) mass is 152 g/mol. The van der Waals surface area contributed by atoms with E-state index in [4.69, 9.17) is 0 Å². The average molecular weight is 152 g/mol. The van der Waals surface area contributed by atoms with Crippen molar-refractivity contribution >= 4 is 0 Å². The van der Waals surface area contributed by atoms with E-state index in [-0.39, 0.29) is 11.2 Å². The second-order valence-corrected chi connectivity index (χ2v) is 2.81. The first-order valence-corrected chi connectivity index (χ1v) is 3.40. The summed E-state index contributed by atoms with van der Waals surface area (Å²) in [7, 11) is 3.19. The van der Waals surface area contributed by atoms with Crippen LogP contribution in [0.2, 0.25) is 0 Å². The van der Waals surface area contributed by atoms with Crippen molar-refractivity contribution < 1.29 is 0 Å². The van der Waals surface area contributed by atoms with E-state index in [9.17, 15) is 9.59 Å². The Balaban J connectivity index is 3.01. The molecule has 0 saturated carbocycles. The van der Waals surface area contributed by atoms with Gasteiger partial charge >= 0.3 is 5.69 Å². The molecule has 2 rings (SSSR count). The second kappa shape index (κ2) is 1.64. The predicted octanol–water partition coefficient (Wildman–Crippen LogP) is -1.01. The van der Waals surface area contributed by atoms with Crippen molar-refractivity contribution in [3.8, 4) is 0 Å². The minimum atomic E-state index is -0.230. The van der Waals surface area contributed by atoms with E-state index >= 15 is 0 Å². The Morgan fingerprint density at radius 3 is 2.45 bits per heavy atom. The molecule has 0 bridgehead atoms. The van der Waals surface area contributed by atoms with Crippen LogP contribution in [-0.4, -0.2) is 9.13 Å². The quantitative estimate of drug-likeness (QED) is 0.485. The van der Waals surface area contributed by atoms with Crippen LogP contribution < -0.4 is 11.2 Å². The van der Waals surface area contributed by atoms with E-state index in [1.54, 1.807) is 7.05 Å². The van der Waals surface area contributed by atoms with Gasteiger partial charge in [-0.1, -0.05) is 0 Å². The van der Waals surface area contributed by atoms with Crippen LogP contribution in [0, 0.1) is 0 Å². The van der Waals surface area contributed by atoms with Gasteiger partial charge in [0.2, 0.25) is 0 Å². The summed E-state index contributed by atoms with van der Waals surface area (Å²) in [5, 5.41) is 0. The maximum Gasteiger partial charge on any atom is 0.330 e. The van der Waals surface area contributed by atoms with E-state index in [0.29, 0.717) is 6.42 Å². The van der Waals surface area contributed by atoms with Crippen LogP contribution in [0.4, 0.5) is 0 Å².